The highest BCUT2D eigenvalue weighted by molar-refractivity contribution is 6.00. The van der Waals surface area contributed by atoms with Crippen molar-refractivity contribution in [2.75, 3.05) is 5.73 Å². The van der Waals surface area contributed by atoms with Crippen LogP contribution in [0.15, 0.2) is 12.3 Å². The average Bonchev–Trinajstić information content (AvgIpc) is 3.04. The first-order valence-electron chi connectivity index (χ1n) is 5.59. The number of nitrogens with two attached hydrogens (primary N) is 2. The van der Waals surface area contributed by atoms with Crippen LogP contribution in [0.5, 0.6) is 0 Å². The van der Waals surface area contributed by atoms with Gasteiger partial charge in [0.1, 0.15) is 5.82 Å². The highest BCUT2D eigenvalue weighted by atomic mass is 16.1. The number of aryl methyl sites for hydroxylation is 1. The molecule has 2 rings (SSSR count). The Bertz CT molecular complexity index is 413. The number of rotatable bonds is 4. The monoisotopic (exact) mass is 219 g/mol. The van der Waals surface area contributed by atoms with E-state index >= 15 is 0 Å². The van der Waals surface area contributed by atoms with Gasteiger partial charge in [0.25, 0.3) is 0 Å². The van der Waals surface area contributed by atoms with Crippen molar-refractivity contribution in [3.63, 3.8) is 0 Å². The topological polar surface area (TPSA) is 82.0 Å². The number of carbonyl (C=O) groups excluding carboxylic acids is 1. The largest absolute Gasteiger partial charge is 0.383 e. The molecular weight excluding hydrogens is 202 g/mol. The summed E-state index contributed by atoms with van der Waals surface area (Å²) in [6.45, 7) is 1.89. The molecule has 0 aliphatic heterocycles. The average molecular weight is 219 g/mol. The molecule has 0 saturated heterocycles. The van der Waals surface area contributed by atoms with Crippen molar-refractivity contribution in [2.45, 2.75) is 32.2 Å². The van der Waals surface area contributed by atoms with Gasteiger partial charge in [-0.1, -0.05) is 0 Å². The van der Waals surface area contributed by atoms with Crippen LogP contribution in [0.1, 0.15) is 35.2 Å². The minimum absolute atomic E-state index is 0.00750. The molecule has 86 valence electrons. The standard InChI is InChI=1S/C12H17N3O/c1-7-4-9(12(14)15-6-7)11(16)5-10(13)8-2-3-8/h4,6,8,10H,2-3,5,13H2,1H3,(H2,14,15). The fourth-order valence-corrected chi connectivity index (χ4v) is 1.82. The van der Waals surface area contributed by atoms with E-state index in [2.05, 4.69) is 4.98 Å². The lowest BCUT2D eigenvalue weighted by molar-refractivity contribution is 0.0972. The summed E-state index contributed by atoms with van der Waals surface area (Å²) in [5, 5.41) is 0. The van der Waals surface area contributed by atoms with Crippen LogP contribution >= 0.6 is 0 Å². The molecule has 1 heterocycles. The molecule has 1 fully saturated rings. The second-order valence-electron chi connectivity index (χ2n) is 4.57. The molecule has 0 radical (unpaired) electrons. The fraction of sp³-hybridized carbons (Fsp3) is 0.500. The summed E-state index contributed by atoms with van der Waals surface area (Å²) in [6.07, 6.45) is 4.33. The Kier molecular flexibility index (Phi) is 2.92. The van der Waals surface area contributed by atoms with Crippen LogP contribution in [0.3, 0.4) is 0 Å². The number of ketones is 1. The molecule has 1 aliphatic carbocycles. The van der Waals surface area contributed by atoms with E-state index in [1.807, 2.05) is 6.92 Å². The molecule has 16 heavy (non-hydrogen) atoms. The summed E-state index contributed by atoms with van der Waals surface area (Å²) < 4.78 is 0. The lowest BCUT2D eigenvalue weighted by atomic mass is 10.0. The van der Waals surface area contributed by atoms with Crippen LogP contribution in [0.2, 0.25) is 0 Å². The molecule has 4 heteroatoms. The maximum Gasteiger partial charge on any atom is 0.168 e. The molecule has 1 saturated carbocycles. The highest BCUT2D eigenvalue weighted by Gasteiger charge is 2.30. The van der Waals surface area contributed by atoms with Gasteiger partial charge in [0.2, 0.25) is 0 Å². The van der Waals surface area contributed by atoms with Crippen LogP contribution < -0.4 is 11.5 Å². The van der Waals surface area contributed by atoms with Crippen molar-refractivity contribution in [1.82, 2.24) is 4.98 Å². The zero-order valence-corrected chi connectivity index (χ0v) is 9.44. The van der Waals surface area contributed by atoms with E-state index in [0.29, 0.717) is 23.7 Å². The first kappa shape index (κ1) is 11.1. The Morgan fingerprint density at radius 3 is 2.94 bits per heavy atom. The summed E-state index contributed by atoms with van der Waals surface area (Å²) in [5.74, 6) is 0.842. The third-order valence-corrected chi connectivity index (χ3v) is 3.00. The lowest BCUT2D eigenvalue weighted by Gasteiger charge is -2.10. The predicted octanol–water partition coefficient (Wildman–Crippen LogP) is 1.28. The minimum Gasteiger partial charge on any atom is -0.383 e. The van der Waals surface area contributed by atoms with E-state index in [9.17, 15) is 4.79 Å². The molecule has 1 aromatic heterocycles. The fourth-order valence-electron chi connectivity index (χ4n) is 1.82. The van der Waals surface area contributed by atoms with E-state index < -0.39 is 0 Å². The van der Waals surface area contributed by atoms with E-state index in [0.717, 1.165) is 18.4 Å². The van der Waals surface area contributed by atoms with Crippen molar-refractivity contribution in [2.24, 2.45) is 11.7 Å². The van der Waals surface area contributed by atoms with Crippen LogP contribution in [-0.4, -0.2) is 16.8 Å². The molecule has 0 spiro atoms. The summed E-state index contributed by atoms with van der Waals surface area (Å²) in [5.41, 5.74) is 13.1. The molecule has 1 aliphatic rings. The highest BCUT2D eigenvalue weighted by Crippen LogP contribution is 2.33. The van der Waals surface area contributed by atoms with Crippen molar-refractivity contribution < 1.29 is 4.79 Å². The van der Waals surface area contributed by atoms with Gasteiger partial charge in [-0.2, -0.15) is 0 Å². The molecule has 0 aromatic carbocycles. The first-order chi connectivity index (χ1) is 7.58. The van der Waals surface area contributed by atoms with Crippen molar-refractivity contribution >= 4 is 11.6 Å². The van der Waals surface area contributed by atoms with E-state index in [1.165, 1.54) is 0 Å². The zero-order valence-electron chi connectivity index (χ0n) is 9.44. The molecule has 1 atom stereocenters. The number of carbonyl (C=O) groups is 1. The van der Waals surface area contributed by atoms with Crippen LogP contribution in [0.4, 0.5) is 5.82 Å². The minimum atomic E-state index is -0.0209. The smallest absolute Gasteiger partial charge is 0.168 e. The number of nitrogens with zero attached hydrogens (tertiary/aromatic N) is 1. The Labute approximate surface area is 95.0 Å². The molecule has 4 N–H and O–H groups in total. The normalized spacial score (nSPS) is 17.1. The Morgan fingerprint density at radius 2 is 2.31 bits per heavy atom. The van der Waals surface area contributed by atoms with Gasteiger partial charge in [-0.25, -0.2) is 4.98 Å². The van der Waals surface area contributed by atoms with Gasteiger partial charge >= 0.3 is 0 Å². The lowest BCUT2D eigenvalue weighted by Crippen LogP contribution is -2.26. The maximum atomic E-state index is 12.0. The van der Waals surface area contributed by atoms with E-state index in [1.54, 1.807) is 12.3 Å². The number of nitrogen functional groups attached to an aromatic ring is 1. The summed E-state index contributed by atoms with van der Waals surface area (Å²) in [7, 11) is 0. The second kappa shape index (κ2) is 4.22. The second-order valence-corrected chi connectivity index (χ2v) is 4.57. The summed E-state index contributed by atoms with van der Waals surface area (Å²) >= 11 is 0. The zero-order chi connectivity index (χ0) is 11.7. The quantitative estimate of drug-likeness (QED) is 0.747. The molecule has 0 bridgehead atoms. The van der Waals surface area contributed by atoms with Crippen molar-refractivity contribution in [3.8, 4) is 0 Å². The first-order valence-corrected chi connectivity index (χ1v) is 5.59. The number of anilines is 1. The molecule has 1 unspecified atom stereocenters. The van der Waals surface area contributed by atoms with E-state index in [-0.39, 0.29) is 11.8 Å². The number of pyridine rings is 1. The van der Waals surface area contributed by atoms with E-state index in [4.69, 9.17) is 11.5 Å². The van der Waals surface area contributed by atoms with Gasteiger partial charge in [0.05, 0.1) is 5.56 Å². The Balaban J connectivity index is 2.10. The molecule has 0 amide bonds. The van der Waals surface area contributed by atoms with Gasteiger partial charge in [-0.3, -0.25) is 4.79 Å². The van der Waals surface area contributed by atoms with Crippen LogP contribution in [0, 0.1) is 12.8 Å². The summed E-state index contributed by atoms with van der Waals surface area (Å²) in [6, 6.07) is 1.76. The number of aromatic nitrogens is 1. The SMILES string of the molecule is Cc1cnc(N)c(C(=O)CC(N)C2CC2)c1. The summed E-state index contributed by atoms with van der Waals surface area (Å²) in [4.78, 5) is 15.9. The van der Waals surface area contributed by atoms with Crippen LogP contribution in [0.25, 0.3) is 0 Å². The molecule has 1 aromatic rings. The number of Topliss-reactive ketones (excluding diaryl/α,β-unsaturated/α-hetero) is 1. The Hall–Kier alpha value is -1.42. The number of hydrogen-bond donors (Lipinski definition) is 2. The third-order valence-electron chi connectivity index (χ3n) is 3.00. The van der Waals surface area contributed by atoms with Crippen molar-refractivity contribution in [3.05, 3.63) is 23.4 Å². The maximum absolute atomic E-state index is 12.0. The molecular formula is C12H17N3O. The predicted molar refractivity (Wildman–Crippen MR) is 63.0 cm³/mol. The van der Waals surface area contributed by atoms with Gasteiger partial charge < -0.3 is 11.5 Å². The Morgan fingerprint density at radius 1 is 1.62 bits per heavy atom. The molecule has 4 nitrogen and oxygen atoms in total. The van der Waals surface area contributed by atoms with Gasteiger partial charge in [0.15, 0.2) is 5.78 Å². The third kappa shape index (κ3) is 2.39. The van der Waals surface area contributed by atoms with Gasteiger partial charge in [0, 0.05) is 18.7 Å². The van der Waals surface area contributed by atoms with Gasteiger partial charge in [-0.05, 0) is 37.3 Å². The van der Waals surface area contributed by atoms with Crippen LogP contribution in [-0.2, 0) is 0 Å². The van der Waals surface area contributed by atoms with Crippen molar-refractivity contribution in [1.29, 1.82) is 0 Å². The van der Waals surface area contributed by atoms with Gasteiger partial charge in [-0.15, -0.1) is 0 Å². The number of hydrogen-bond acceptors (Lipinski definition) is 4.